The van der Waals surface area contributed by atoms with E-state index >= 15 is 0 Å². The summed E-state index contributed by atoms with van der Waals surface area (Å²) in [5.41, 5.74) is 23.3. The lowest BCUT2D eigenvalue weighted by atomic mass is 9.89. The van der Waals surface area contributed by atoms with Gasteiger partial charge in [0.1, 0.15) is 12.1 Å². The molecule has 12 aromatic rings. The van der Waals surface area contributed by atoms with Gasteiger partial charge in [-0.25, -0.2) is 33.4 Å². The first-order valence-corrected chi connectivity index (χ1v) is 42.0. The number of hydrogen-bond acceptors (Lipinski definition) is 14. The van der Waals surface area contributed by atoms with Gasteiger partial charge in [-0.05, 0) is 144 Å². The second-order valence-corrected chi connectivity index (χ2v) is 31.2. The molecule has 0 bridgehead atoms. The van der Waals surface area contributed by atoms with E-state index in [-0.39, 0.29) is 57.6 Å². The fourth-order valence-corrected chi connectivity index (χ4v) is 13.4. The Balaban J connectivity index is 0.000000202. The maximum Gasteiger partial charge on any atom is 0.337 e. The SMILES string of the molecule is Brc1ccc(Nc2ccccc2C2=N[C@H](c3ccccc3)[C@@H](c3ccccc3)O2)c(C2=N[C@H](c3ccccc3)[C@@H](c3ccccc3)O2)c1.CCN(CC)CC.C[C@H](c1ccccc1)[C@H](N)c1ccccc1.Nc1ccccc1C(=O)O.O=C(O)c1cc(Br)ccc1Cl.O=C(O)c1ccccc1Nc1ccc(Br)cc1C(=O)O.O=S(Cl)Cl. The van der Waals surface area contributed by atoms with Crippen molar-refractivity contribution in [1.29, 1.82) is 0 Å². The fraction of sp³-hybridized carbons (Fsp3) is 0.143. The highest BCUT2D eigenvalue weighted by Gasteiger charge is 2.37. The molecule has 0 aliphatic carbocycles. The predicted octanol–water partition coefficient (Wildman–Crippen LogP) is 23.9. The number of nitrogens with two attached hydrogens (primary N) is 2. The molecule has 0 unspecified atom stereocenters. The van der Waals surface area contributed by atoms with Crippen LogP contribution in [0.4, 0.5) is 28.4 Å². The Hall–Kier alpha value is -10.8. The summed E-state index contributed by atoms with van der Waals surface area (Å²) in [6.45, 7) is 12.3. The number of nitrogen functional groups attached to an aromatic ring is 1. The highest BCUT2D eigenvalue weighted by Crippen LogP contribution is 2.45. The molecule has 0 aromatic heterocycles. The number of halogens is 6. The molecule has 0 radical (unpaired) electrons. The van der Waals surface area contributed by atoms with Gasteiger partial charge in [-0.3, -0.25) is 0 Å². The first kappa shape index (κ1) is 90.8. The minimum absolute atomic E-state index is 0.0552. The number of carboxylic acids is 4. The van der Waals surface area contributed by atoms with E-state index in [0.717, 1.165) is 49.2 Å². The van der Waals surface area contributed by atoms with Crippen molar-refractivity contribution in [3.8, 4) is 0 Å². The summed E-state index contributed by atoms with van der Waals surface area (Å²) >= 11 is 15.6. The predicted molar refractivity (Wildman–Crippen MR) is 479 cm³/mol. The first-order chi connectivity index (χ1) is 55.9. The van der Waals surface area contributed by atoms with E-state index in [4.69, 9.17) is 67.2 Å². The van der Waals surface area contributed by atoms with Gasteiger partial charge < -0.3 is 56.9 Å². The van der Waals surface area contributed by atoms with Crippen molar-refractivity contribution in [3.05, 3.63) is 395 Å². The summed E-state index contributed by atoms with van der Waals surface area (Å²) in [6.07, 6.45) is -0.500. The van der Waals surface area contributed by atoms with Gasteiger partial charge >= 0.3 is 23.9 Å². The monoisotopic (exact) mass is 1830 g/mol. The van der Waals surface area contributed by atoms with Crippen LogP contribution in [0.15, 0.2) is 333 Å². The molecule has 18 nitrogen and oxygen atoms in total. The van der Waals surface area contributed by atoms with Gasteiger partial charge in [0.25, 0.3) is 0 Å². The van der Waals surface area contributed by atoms with E-state index in [1.807, 2.05) is 121 Å². The maximum atomic E-state index is 11.2. The molecule has 0 fully saturated rings. The Bertz CT molecular complexity index is 5220. The number of anilines is 5. The molecule has 25 heteroatoms. The minimum Gasteiger partial charge on any atom is -0.478 e. The number of ether oxygens (including phenoxy) is 2. The third-order valence-electron chi connectivity index (χ3n) is 18.1. The van der Waals surface area contributed by atoms with E-state index in [1.54, 1.807) is 54.6 Å². The van der Waals surface area contributed by atoms with Crippen molar-refractivity contribution in [1.82, 2.24) is 4.90 Å². The molecule has 14 rings (SSSR count). The molecule has 12 aromatic carbocycles. The van der Waals surface area contributed by atoms with Crippen molar-refractivity contribution >= 4 is 154 Å². The normalized spacial score (nSPS) is 14.6. The van der Waals surface area contributed by atoms with E-state index in [2.05, 4.69) is 216 Å². The number of nitrogens with one attached hydrogen (secondary N) is 2. The van der Waals surface area contributed by atoms with Crippen LogP contribution >= 0.6 is 80.8 Å². The third-order valence-corrected chi connectivity index (χ3v) is 19.9. The Morgan fingerprint density at radius 1 is 0.431 bits per heavy atom. The van der Waals surface area contributed by atoms with Crippen LogP contribution in [0.2, 0.25) is 5.02 Å². The molecule has 116 heavy (non-hydrogen) atoms. The number of carbonyl (C=O) groups is 4. The van der Waals surface area contributed by atoms with Crippen LogP contribution in [0.1, 0.15) is 150 Å². The standard InChI is InChI=1S/C42H32BrN3O2.C15H17N.C14H10BrNO4.C7H4BrClO2.C7H7NO2.C6H15N.Cl2OS/c43-32-25-26-36(34(27-32)42-46-38(29-17-7-2-8-18-29)40(48-42)31-21-11-4-12-22-31)44-35-24-14-13-23-33(35)41-45-37(28-15-5-1-6-16-28)39(47-41)30-19-9-3-10-20-30;1-12(13-8-4-2-5-9-13)15(16)14-10-6-3-7-11-14;15-8-5-6-12(10(7-8)14(19)20)16-11-4-2-1-3-9(11)13(17)18;8-4-1-2-6(9)5(3-4)7(10)11;8-6-4-2-1-3-5(6)7(9)10;1-4-7(5-2)6-3;1-4(2)3/h1-27,37-40,44H;2-12,15H,16H2,1H3;1-7,16H,(H,17,18)(H,19,20);1-3H,(H,10,11);1-4H,8H2,(H,9,10);4-6H2,1-3H3;/t37-,38-,39-,40-;12-,15+;;;;;/m11...../s1. The molecule has 0 spiro atoms. The zero-order valence-electron chi connectivity index (χ0n) is 63.3. The number of benzene rings is 12. The average molecular weight is 1830 g/mol. The molecule has 10 N–H and O–H groups in total. The molecule has 598 valence electrons. The summed E-state index contributed by atoms with van der Waals surface area (Å²) in [4.78, 5) is 55.9. The van der Waals surface area contributed by atoms with Gasteiger partial charge in [0.15, 0.2) is 12.2 Å². The Morgan fingerprint density at radius 2 is 0.767 bits per heavy atom. The fourth-order valence-electron chi connectivity index (χ4n) is 12.1. The maximum absolute atomic E-state index is 11.2. The zero-order valence-corrected chi connectivity index (χ0v) is 71.2. The van der Waals surface area contributed by atoms with Gasteiger partial charge in [0.05, 0.1) is 61.2 Å². The van der Waals surface area contributed by atoms with E-state index in [9.17, 15) is 19.2 Å². The van der Waals surface area contributed by atoms with Crippen molar-refractivity contribution in [2.45, 2.75) is 63.9 Å². The van der Waals surface area contributed by atoms with E-state index in [1.165, 1.54) is 61.1 Å². The number of aliphatic imine (C=N–C) groups is 2. The summed E-state index contributed by atoms with van der Waals surface area (Å²) in [5, 5.41) is 42.1. The van der Waals surface area contributed by atoms with Crippen LogP contribution in [0.25, 0.3) is 0 Å². The summed E-state index contributed by atoms with van der Waals surface area (Å²) in [7, 11) is 7.36. The number of aromatic carboxylic acids is 4. The van der Waals surface area contributed by atoms with Gasteiger partial charge in [0, 0.05) is 52.4 Å². The van der Waals surface area contributed by atoms with Crippen LogP contribution in [0.3, 0.4) is 0 Å². The van der Waals surface area contributed by atoms with Crippen LogP contribution in [0.5, 0.6) is 0 Å². The number of nitrogens with zero attached hydrogens (tertiary/aromatic N) is 3. The Kier molecular flexibility index (Phi) is 36.5. The lowest BCUT2D eigenvalue weighted by molar-refractivity contribution is 0.0686. The van der Waals surface area contributed by atoms with Crippen LogP contribution in [-0.4, -0.2) is 84.8 Å². The van der Waals surface area contributed by atoms with E-state index in [0.29, 0.717) is 43.7 Å². The number of rotatable bonds is 20. The summed E-state index contributed by atoms with van der Waals surface area (Å²) in [6, 6.07) is 98.0. The molecule has 6 atom stereocenters. The highest BCUT2D eigenvalue weighted by molar-refractivity contribution is 9.11. The van der Waals surface area contributed by atoms with Crippen LogP contribution in [0, 0.1) is 0 Å². The van der Waals surface area contributed by atoms with Crippen molar-refractivity contribution in [2.24, 2.45) is 15.7 Å². The number of hydrogen-bond donors (Lipinski definition) is 8. The molecule has 0 saturated carbocycles. The van der Waals surface area contributed by atoms with Gasteiger partial charge in [-0.2, -0.15) is 0 Å². The molecule has 2 heterocycles. The average Bonchev–Trinajstić information content (AvgIpc) is 1.42. The number of carboxylic acid groups (broad SMARTS) is 4. The Labute approximate surface area is 716 Å². The van der Waals surface area contributed by atoms with Gasteiger partial charge in [-0.1, -0.05) is 305 Å². The van der Waals surface area contributed by atoms with Crippen molar-refractivity contribution < 1.29 is 53.3 Å². The quantitative estimate of drug-likeness (QED) is 0.0260. The van der Waals surface area contributed by atoms with Gasteiger partial charge in [0.2, 0.25) is 21.0 Å². The topological polar surface area (TPSA) is 289 Å². The molecular weight excluding hydrogens is 1750 g/mol. The molecular formula is C91H85Br3Cl3N7O11S. The van der Waals surface area contributed by atoms with Crippen molar-refractivity contribution in [2.75, 3.05) is 36.0 Å². The van der Waals surface area contributed by atoms with Crippen LogP contribution in [-0.2, 0) is 18.7 Å². The lowest BCUT2D eigenvalue weighted by Crippen LogP contribution is -2.21. The Morgan fingerprint density at radius 3 is 1.20 bits per heavy atom. The van der Waals surface area contributed by atoms with Crippen molar-refractivity contribution in [3.63, 3.8) is 0 Å². The number of para-hydroxylation sites is 3. The third kappa shape index (κ3) is 27.2. The van der Waals surface area contributed by atoms with Gasteiger partial charge in [-0.15, -0.1) is 0 Å². The minimum atomic E-state index is -1.67. The smallest absolute Gasteiger partial charge is 0.337 e. The van der Waals surface area contributed by atoms with E-state index < -0.39 is 33.1 Å². The first-order valence-electron chi connectivity index (χ1n) is 36.4. The largest absolute Gasteiger partial charge is 0.478 e. The molecule has 0 amide bonds. The lowest BCUT2D eigenvalue weighted by Gasteiger charge is -2.20. The zero-order chi connectivity index (χ0) is 83.6. The van der Waals surface area contributed by atoms with Crippen LogP contribution < -0.4 is 22.1 Å². The molecule has 2 aliphatic rings. The molecule has 0 saturated heterocycles. The second kappa shape index (κ2) is 46.7. The molecule has 2 aliphatic heterocycles. The highest BCUT2D eigenvalue weighted by atomic mass is 79.9. The summed E-state index contributed by atoms with van der Waals surface area (Å²) in [5.74, 6) is -2.66. The second-order valence-electron chi connectivity index (χ2n) is 25.6. The summed E-state index contributed by atoms with van der Waals surface area (Å²) < 4.78 is 24.8.